The Morgan fingerprint density at radius 3 is 1.45 bits per heavy atom. The van der Waals surface area contributed by atoms with Gasteiger partial charge in [-0.05, 0) is 32.9 Å². The van der Waals surface area contributed by atoms with Gasteiger partial charge in [0.1, 0.15) is 23.0 Å². The van der Waals surface area contributed by atoms with E-state index in [9.17, 15) is 28.0 Å². The van der Waals surface area contributed by atoms with Crippen LogP contribution in [-0.4, -0.2) is 68.4 Å². The van der Waals surface area contributed by atoms with E-state index in [1.807, 2.05) is 0 Å². The van der Waals surface area contributed by atoms with E-state index in [4.69, 9.17) is 19.3 Å². The maximum atomic E-state index is 13.8. The summed E-state index contributed by atoms with van der Waals surface area (Å²) in [5.74, 6) is -4.14. The van der Waals surface area contributed by atoms with Crippen molar-refractivity contribution < 1.29 is 47.3 Å². The fourth-order valence-corrected chi connectivity index (χ4v) is 3.80. The molecular weight excluding hydrogens is 582 g/mol. The van der Waals surface area contributed by atoms with E-state index >= 15 is 0 Å². The zero-order chi connectivity index (χ0) is 32.2. The summed E-state index contributed by atoms with van der Waals surface area (Å²) in [6, 6.07) is 14.5. The summed E-state index contributed by atoms with van der Waals surface area (Å²) in [6.07, 6.45) is 0. The minimum absolute atomic E-state index is 0.000224. The Labute approximate surface area is 250 Å². The van der Waals surface area contributed by atoms with E-state index in [0.717, 1.165) is 10.7 Å². The highest BCUT2D eigenvalue weighted by atomic mass is 19.1. The number of ether oxygens (including phenoxy) is 3. The van der Waals surface area contributed by atoms with E-state index in [1.54, 1.807) is 45.0 Å². The van der Waals surface area contributed by atoms with Crippen LogP contribution in [0.4, 0.5) is 8.78 Å². The summed E-state index contributed by atoms with van der Waals surface area (Å²) < 4.78 is 44.3. The van der Waals surface area contributed by atoms with E-state index in [0.29, 0.717) is 5.56 Å². The third-order valence-electron chi connectivity index (χ3n) is 5.79. The van der Waals surface area contributed by atoms with Crippen LogP contribution >= 0.6 is 0 Å². The Morgan fingerprint density at radius 2 is 1.05 bits per heavy atom. The third kappa shape index (κ3) is 8.56. The molecule has 14 heteroatoms. The normalized spacial score (nSPS) is 10.4. The quantitative estimate of drug-likeness (QED) is 0.191. The Kier molecular flexibility index (Phi) is 11.8. The molecule has 1 N–H and O–H groups in total. The number of carbonyl (C=O) groups is 4. The topological polar surface area (TPSA) is 152 Å². The third-order valence-corrected chi connectivity index (χ3v) is 5.79. The van der Waals surface area contributed by atoms with Crippen LogP contribution in [0.2, 0.25) is 0 Å². The SMILES string of the molecule is CCOC(=O)c1cc(C(=O)O)n(Cc2ccccc2F)n1.CCOC(=O)c1cc(C(=O)OCC)n(Cc2ccccc2F)n1. The molecule has 2 aromatic heterocycles. The molecule has 2 aromatic carbocycles. The maximum Gasteiger partial charge on any atom is 0.358 e. The highest BCUT2D eigenvalue weighted by Crippen LogP contribution is 2.15. The number of esters is 3. The van der Waals surface area contributed by atoms with Gasteiger partial charge in [-0.3, -0.25) is 9.36 Å². The fourth-order valence-electron chi connectivity index (χ4n) is 3.80. The highest BCUT2D eigenvalue weighted by molar-refractivity contribution is 5.93. The van der Waals surface area contributed by atoms with Crippen molar-refractivity contribution in [2.75, 3.05) is 19.8 Å². The number of rotatable bonds is 11. The zero-order valence-corrected chi connectivity index (χ0v) is 24.2. The number of aromatic nitrogens is 4. The lowest BCUT2D eigenvalue weighted by atomic mass is 10.2. The molecule has 0 radical (unpaired) electrons. The van der Waals surface area contributed by atoms with Crippen molar-refractivity contribution in [2.24, 2.45) is 0 Å². The molecule has 2 heterocycles. The van der Waals surface area contributed by atoms with Crippen LogP contribution < -0.4 is 0 Å². The van der Waals surface area contributed by atoms with Gasteiger partial charge < -0.3 is 19.3 Å². The molecule has 12 nitrogen and oxygen atoms in total. The summed E-state index contributed by atoms with van der Waals surface area (Å²) in [5, 5.41) is 17.1. The van der Waals surface area contributed by atoms with Crippen molar-refractivity contribution in [1.82, 2.24) is 19.6 Å². The number of hydrogen-bond donors (Lipinski definition) is 1. The number of carbonyl (C=O) groups excluding carboxylic acids is 3. The number of halogens is 2. The molecule has 4 rings (SSSR count). The van der Waals surface area contributed by atoms with E-state index in [-0.39, 0.29) is 61.2 Å². The summed E-state index contributed by atoms with van der Waals surface area (Å²) in [7, 11) is 0. The van der Waals surface area contributed by atoms with E-state index < -0.39 is 35.5 Å². The van der Waals surface area contributed by atoms with Crippen molar-refractivity contribution in [3.63, 3.8) is 0 Å². The second kappa shape index (κ2) is 15.7. The Balaban J connectivity index is 0.000000241. The van der Waals surface area contributed by atoms with Gasteiger partial charge in [0.25, 0.3) is 0 Å². The number of carboxylic acids is 1. The van der Waals surface area contributed by atoms with Gasteiger partial charge in [-0.25, -0.2) is 28.0 Å². The molecule has 0 amide bonds. The first kappa shape index (κ1) is 33.1. The Hall–Kier alpha value is -5.40. The number of hydrogen-bond acceptors (Lipinski definition) is 9. The molecule has 0 spiro atoms. The highest BCUT2D eigenvalue weighted by Gasteiger charge is 2.22. The second-order valence-electron chi connectivity index (χ2n) is 8.79. The van der Waals surface area contributed by atoms with Crippen molar-refractivity contribution >= 4 is 23.9 Å². The van der Waals surface area contributed by atoms with Gasteiger partial charge in [-0.1, -0.05) is 36.4 Å². The van der Waals surface area contributed by atoms with Crippen LogP contribution in [0.3, 0.4) is 0 Å². The van der Waals surface area contributed by atoms with Gasteiger partial charge in [0.2, 0.25) is 0 Å². The van der Waals surface area contributed by atoms with E-state index in [1.165, 1.54) is 35.0 Å². The van der Waals surface area contributed by atoms with Crippen molar-refractivity contribution in [1.29, 1.82) is 0 Å². The summed E-state index contributed by atoms with van der Waals surface area (Å²) >= 11 is 0. The average Bonchev–Trinajstić information content (AvgIpc) is 3.61. The van der Waals surface area contributed by atoms with Gasteiger partial charge in [0.15, 0.2) is 11.4 Å². The molecule has 0 unspecified atom stereocenters. The fraction of sp³-hybridized carbons (Fsp3) is 0.267. The van der Waals surface area contributed by atoms with Gasteiger partial charge >= 0.3 is 23.9 Å². The van der Waals surface area contributed by atoms with Crippen molar-refractivity contribution in [3.8, 4) is 0 Å². The minimum Gasteiger partial charge on any atom is -0.477 e. The lowest BCUT2D eigenvalue weighted by molar-refractivity contribution is 0.0505. The van der Waals surface area contributed by atoms with Gasteiger partial charge in [-0.2, -0.15) is 10.2 Å². The molecule has 4 aromatic rings. The molecule has 0 saturated carbocycles. The lowest BCUT2D eigenvalue weighted by Crippen LogP contribution is -2.14. The molecule has 0 aliphatic carbocycles. The number of benzene rings is 2. The first-order valence-corrected chi connectivity index (χ1v) is 13.5. The summed E-state index contributed by atoms with van der Waals surface area (Å²) in [4.78, 5) is 46.6. The van der Waals surface area contributed by atoms with Crippen molar-refractivity contribution in [3.05, 3.63) is 106 Å². The molecule has 0 aliphatic heterocycles. The maximum absolute atomic E-state index is 13.8. The molecule has 232 valence electrons. The molecule has 0 atom stereocenters. The second-order valence-corrected chi connectivity index (χ2v) is 8.79. The predicted molar refractivity (Wildman–Crippen MR) is 150 cm³/mol. The van der Waals surface area contributed by atoms with Crippen molar-refractivity contribution in [2.45, 2.75) is 33.9 Å². The Morgan fingerprint density at radius 1 is 0.659 bits per heavy atom. The molecule has 0 saturated heterocycles. The van der Waals surface area contributed by atoms with Gasteiger partial charge in [0, 0.05) is 23.3 Å². The first-order chi connectivity index (χ1) is 21.1. The Bertz CT molecular complexity index is 1630. The van der Waals surface area contributed by atoms with Crippen LogP contribution in [0.5, 0.6) is 0 Å². The first-order valence-electron chi connectivity index (χ1n) is 13.5. The molecule has 0 fully saturated rings. The standard InChI is InChI=1S/C16H17FN2O4.C14H13FN2O4/c1-3-22-15(20)13-9-14(16(21)23-4-2)19(18-13)10-11-7-5-6-8-12(11)17;1-2-21-14(20)11-7-12(13(18)19)17(16-11)8-9-5-3-4-6-10(9)15/h5-9H,3-4,10H2,1-2H3;3-7H,2,8H2,1H3,(H,18,19). The molecule has 0 bridgehead atoms. The zero-order valence-electron chi connectivity index (χ0n) is 24.2. The monoisotopic (exact) mass is 612 g/mol. The van der Waals surface area contributed by atoms with Gasteiger partial charge in [-0.15, -0.1) is 0 Å². The molecule has 44 heavy (non-hydrogen) atoms. The van der Waals surface area contributed by atoms with Gasteiger partial charge in [0.05, 0.1) is 32.9 Å². The number of aromatic carboxylic acids is 1. The largest absolute Gasteiger partial charge is 0.477 e. The van der Waals surface area contributed by atoms with Crippen LogP contribution in [0.15, 0.2) is 60.7 Å². The smallest absolute Gasteiger partial charge is 0.358 e. The number of nitrogens with zero attached hydrogens (tertiary/aromatic N) is 4. The molecular formula is C30H30F2N4O8. The van der Waals surface area contributed by atoms with E-state index in [2.05, 4.69) is 10.2 Å². The predicted octanol–water partition coefficient (Wildman–Crippen LogP) is 4.37. The minimum atomic E-state index is -1.26. The summed E-state index contributed by atoms with van der Waals surface area (Å²) in [5.41, 5.74) is 0.339. The summed E-state index contributed by atoms with van der Waals surface area (Å²) in [6.45, 7) is 5.40. The lowest BCUT2D eigenvalue weighted by Gasteiger charge is -2.07. The number of carboxylic acid groups (broad SMARTS) is 1. The molecule has 0 aliphatic rings. The average molecular weight is 613 g/mol. The van der Waals surface area contributed by atoms with Crippen LogP contribution in [0, 0.1) is 11.6 Å². The van der Waals surface area contributed by atoms with Crippen LogP contribution in [0.25, 0.3) is 0 Å². The van der Waals surface area contributed by atoms with Crippen LogP contribution in [-0.2, 0) is 27.3 Å². The van der Waals surface area contributed by atoms with Crippen LogP contribution in [0.1, 0.15) is 73.9 Å².